The van der Waals surface area contributed by atoms with Gasteiger partial charge in [0.1, 0.15) is 5.84 Å². The molecule has 0 aromatic heterocycles. The minimum absolute atomic E-state index is 0.00188. The smallest absolute Gasteiger partial charge is 0.171 e. The van der Waals surface area contributed by atoms with E-state index >= 15 is 0 Å². The number of nitrogens with one attached hydrogen (secondary N) is 2. The van der Waals surface area contributed by atoms with E-state index in [1.807, 2.05) is 45.0 Å². The highest BCUT2D eigenvalue weighted by Gasteiger charge is 2.31. The standard InChI is InChI=1S/C21H25N5O/c1-13-18(16(12-25-13)19(27)21(2,3)4)26-17(11-22)14-6-5-7-15(10-14)20-23-8-9-24-20/h5-7,10-12,25H,1,8-9,22H2,2-4H3,(H,23,24)/b17-11-,26-18+. The number of nitrogens with zero attached hydrogens (tertiary/aromatic N) is 2. The van der Waals surface area contributed by atoms with E-state index in [0.29, 0.717) is 22.7 Å². The van der Waals surface area contributed by atoms with Gasteiger partial charge in [0.05, 0.1) is 29.2 Å². The fraction of sp³-hybridized carbons (Fsp3) is 0.286. The molecule has 0 amide bonds. The first-order valence-corrected chi connectivity index (χ1v) is 8.92. The second kappa shape index (κ2) is 7.23. The Morgan fingerprint density at radius 3 is 2.78 bits per heavy atom. The van der Waals surface area contributed by atoms with Crippen molar-refractivity contribution in [3.8, 4) is 0 Å². The summed E-state index contributed by atoms with van der Waals surface area (Å²) in [6, 6.07) is 7.85. The molecular formula is C21H25N5O. The van der Waals surface area contributed by atoms with Gasteiger partial charge in [0.15, 0.2) is 5.78 Å². The number of ketones is 1. The third kappa shape index (κ3) is 3.84. The van der Waals surface area contributed by atoms with Crippen molar-refractivity contribution in [2.75, 3.05) is 13.1 Å². The number of carbonyl (C=O) groups is 1. The van der Waals surface area contributed by atoms with Gasteiger partial charge < -0.3 is 16.4 Å². The van der Waals surface area contributed by atoms with Gasteiger partial charge >= 0.3 is 0 Å². The lowest BCUT2D eigenvalue weighted by Gasteiger charge is -2.17. The third-order valence-electron chi connectivity index (χ3n) is 4.35. The molecule has 1 aromatic rings. The molecule has 140 valence electrons. The van der Waals surface area contributed by atoms with Crippen LogP contribution in [0.5, 0.6) is 0 Å². The average molecular weight is 363 g/mol. The van der Waals surface area contributed by atoms with Gasteiger partial charge in [0, 0.05) is 35.5 Å². The molecule has 0 bridgehead atoms. The van der Waals surface area contributed by atoms with Gasteiger partial charge in [-0.2, -0.15) is 0 Å². The molecule has 1 aromatic carbocycles. The molecule has 6 nitrogen and oxygen atoms in total. The maximum Gasteiger partial charge on any atom is 0.171 e. The van der Waals surface area contributed by atoms with Crippen molar-refractivity contribution in [2.24, 2.45) is 21.1 Å². The van der Waals surface area contributed by atoms with E-state index in [1.54, 1.807) is 6.20 Å². The first-order valence-electron chi connectivity index (χ1n) is 8.92. The van der Waals surface area contributed by atoms with Crippen LogP contribution >= 0.6 is 0 Å². The Morgan fingerprint density at radius 1 is 1.37 bits per heavy atom. The molecule has 0 atom stereocenters. The highest BCUT2D eigenvalue weighted by molar-refractivity contribution is 6.31. The lowest BCUT2D eigenvalue weighted by molar-refractivity contribution is -0.121. The summed E-state index contributed by atoms with van der Waals surface area (Å²) in [4.78, 5) is 21.9. The number of allylic oxidation sites excluding steroid dienone is 1. The first kappa shape index (κ1) is 18.6. The molecule has 2 aliphatic rings. The molecule has 6 heteroatoms. The van der Waals surface area contributed by atoms with Gasteiger partial charge in [0.2, 0.25) is 0 Å². The summed E-state index contributed by atoms with van der Waals surface area (Å²) >= 11 is 0. The van der Waals surface area contributed by atoms with Crippen LogP contribution in [-0.2, 0) is 4.79 Å². The Labute approximate surface area is 159 Å². The van der Waals surface area contributed by atoms with E-state index in [0.717, 1.165) is 30.1 Å². The van der Waals surface area contributed by atoms with Crippen LogP contribution in [0.25, 0.3) is 5.70 Å². The average Bonchev–Trinajstić information content (AvgIpc) is 3.29. The van der Waals surface area contributed by atoms with E-state index in [4.69, 9.17) is 5.73 Å². The minimum atomic E-state index is -0.516. The monoisotopic (exact) mass is 363 g/mol. The van der Waals surface area contributed by atoms with Crippen LogP contribution in [0.2, 0.25) is 0 Å². The molecule has 0 radical (unpaired) electrons. The van der Waals surface area contributed by atoms with Crippen LogP contribution in [0.3, 0.4) is 0 Å². The Kier molecular flexibility index (Phi) is 4.99. The quantitative estimate of drug-likeness (QED) is 0.766. The fourth-order valence-electron chi connectivity index (χ4n) is 2.90. The molecule has 0 unspecified atom stereocenters. The van der Waals surface area contributed by atoms with Gasteiger partial charge in [-0.25, -0.2) is 4.99 Å². The number of hydrogen-bond acceptors (Lipinski definition) is 6. The summed E-state index contributed by atoms with van der Waals surface area (Å²) in [7, 11) is 0. The van der Waals surface area contributed by atoms with Crippen LogP contribution < -0.4 is 16.4 Å². The van der Waals surface area contributed by atoms with Crippen molar-refractivity contribution < 1.29 is 4.79 Å². The number of benzene rings is 1. The highest BCUT2D eigenvalue weighted by atomic mass is 16.1. The van der Waals surface area contributed by atoms with Gasteiger partial charge in [-0.3, -0.25) is 9.79 Å². The van der Waals surface area contributed by atoms with Gasteiger partial charge in [-0.05, 0) is 6.07 Å². The normalized spacial score (nSPS) is 18.9. The molecule has 3 rings (SSSR count). The fourth-order valence-corrected chi connectivity index (χ4v) is 2.90. The Morgan fingerprint density at radius 2 is 2.15 bits per heavy atom. The number of aliphatic imine (C=N–C) groups is 2. The zero-order valence-electron chi connectivity index (χ0n) is 16.0. The van der Waals surface area contributed by atoms with Gasteiger partial charge in [-0.15, -0.1) is 0 Å². The van der Waals surface area contributed by atoms with Crippen molar-refractivity contribution in [3.63, 3.8) is 0 Å². The summed E-state index contributed by atoms with van der Waals surface area (Å²) in [5.74, 6) is 0.873. The van der Waals surface area contributed by atoms with Crippen LogP contribution in [0.4, 0.5) is 0 Å². The molecule has 4 N–H and O–H groups in total. The zero-order chi connectivity index (χ0) is 19.6. The molecule has 0 saturated carbocycles. The van der Waals surface area contributed by atoms with Crippen molar-refractivity contribution in [1.82, 2.24) is 10.6 Å². The largest absolute Gasteiger partial charge is 0.403 e. The summed E-state index contributed by atoms with van der Waals surface area (Å²) in [5, 5.41) is 6.27. The van der Waals surface area contributed by atoms with Gasteiger partial charge in [-0.1, -0.05) is 45.5 Å². The van der Waals surface area contributed by atoms with Crippen LogP contribution in [0, 0.1) is 5.41 Å². The molecule has 0 fully saturated rings. The van der Waals surface area contributed by atoms with Crippen molar-refractivity contribution in [3.05, 3.63) is 65.6 Å². The molecule has 0 saturated heterocycles. The van der Waals surface area contributed by atoms with Crippen molar-refractivity contribution in [2.45, 2.75) is 20.8 Å². The molecule has 2 aliphatic heterocycles. The van der Waals surface area contributed by atoms with E-state index in [2.05, 4.69) is 27.2 Å². The summed E-state index contributed by atoms with van der Waals surface area (Å²) in [6.07, 6.45) is 3.11. The first-order chi connectivity index (χ1) is 12.8. The van der Waals surface area contributed by atoms with E-state index in [-0.39, 0.29) is 5.78 Å². The number of amidine groups is 1. The number of carbonyl (C=O) groups excluding carboxylic acids is 1. The molecule has 27 heavy (non-hydrogen) atoms. The Balaban J connectivity index is 1.96. The molecular weight excluding hydrogens is 338 g/mol. The number of rotatable bonds is 4. The predicted molar refractivity (Wildman–Crippen MR) is 110 cm³/mol. The number of nitrogens with two attached hydrogens (primary N) is 1. The van der Waals surface area contributed by atoms with Crippen molar-refractivity contribution in [1.29, 1.82) is 0 Å². The van der Waals surface area contributed by atoms with Crippen LogP contribution in [-0.4, -0.2) is 30.4 Å². The van der Waals surface area contributed by atoms with E-state index in [9.17, 15) is 4.79 Å². The van der Waals surface area contributed by atoms with Crippen molar-refractivity contribution >= 4 is 23.0 Å². The van der Waals surface area contributed by atoms with E-state index < -0.39 is 5.41 Å². The maximum atomic E-state index is 12.8. The molecule has 0 spiro atoms. The van der Waals surface area contributed by atoms with Gasteiger partial charge in [0.25, 0.3) is 0 Å². The molecule has 0 aliphatic carbocycles. The summed E-state index contributed by atoms with van der Waals surface area (Å²) < 4.78 is 0. The maximum absolute atomic E-state index is 12.8. The van der Waals surface area contributed by atoms with Crippen LogP contribution in [0.1, 0.15) is 31.9 Å². The Hall–Kier alpha value is -3.15. The topological polar surface area (TPSA) is 91.9 Å². The molecule has 2 heterocycles. The zero-order valence-corrected chi connectivity index (χ0v) is 16.0. The lowest BCUT2D eigenvalue weighted by atomic mass is 9.85. The third-order valence-corrected chi connectivity index (χ3v) is 4.35. The summed E-state index contributed by atoms with van der Waals surface area (Å²) in [5.41, 5.74) is 9.38. The second-order valence-electron chi connectivity index (χ2n) is 7.51. The number of hydrogen-bond donors (Lipinski definition) is 3. The summed E-state index contributed by atoms with van der Waals surface area (Å²) in [6.45, 7) is 11.2. The SMILES string of the molecule is C=C1NC=C(C(=O)C(C)(C)C)/C1=N/C(=C\N)c1cccc(C2=NCCN2)c1. The second-order valence-corrected chi connectivity index (χ2v) is 7.51. The predicted octanol–water partition coefficient (Wildman–Crippen LogP) is 2.35. The van der Waals surface area contributed by atoms with E-state index in [1.165, 1.54) is 6.20 Å². The number of Topliss-reactive ketones (excluding diaryl/α,β-unsaturated/α-hetero) is 1. The lowest BCUT2D eigenvalue weighted by Crippen LogP contribution is -2.25. The van der Waals surface area contributed by atoms with Crippen LogP contribution in [0.15, 0.2) is 64.5 Å². The minimum Gasteiger partial charge on any atom is -0.403 e. The highest BCUT2D eigenvalue weighted by Crippen LogP contribution is 2.27. The Bertz CT molecular complexity index is 913.